The molecule has 0 saturated carbocycles. The lowest BCUT2D eigenvalue weighted by atomic mass is 10.1. The minimum atomic E-state index is 0. The highest BCUT2D eigenvalue weighted by atomic mass is 127. The first-order valence-corrected chi connectivity index (χ1v) is 6.70. The van der Waals surface area contributed by atoms with Crippen LogP contribution in [-0.4, -0.2) is 12.1 Å². The molecule has 0 aromatic heterocycles. The minimum Gasteiger partial charge on any atom is -0.311 e. The van der Waals surface area contributed by atoms with Crippen LogP contribution in [0.1, 0.15) is 32.8 Å². The minimum absolute atomic E-state index is 0. The Morgan fingerprint density at radius 2 is 1.69 bits per heavy atom. The molecule has 0 aliphatic heterocycles. The summed E-state index contributed by atoms with van der Waals surface area (Å²) in [5, 5.41) is 3.59. The molecule has 0 heterocycles. The molecule has 0 saturated heterocycles. The highest BCUT2D eigenvalue weighted by molar-refractivity contribution is 14.1. The average molecular weight is 354 g/mol. The zero-order chi connectivity index (χ0) is 11.3. The fraction of sp³-hybridized carbons (Fsp3) is 0.538. The predicted octanol–water partition coefficient (Wildman–Crippen LogP) is 4.03. The second kappa shape index (κ2) is 8.31. The van der Waals surface area contributed by atoms with Crippen molar-refractivity contribution in [1.29, 1.82) is 0 Å². The maximum absolute atomic E-state index is 3.59. The molecule has 16 heavy (non-hydrogen) atoms. The van der Waals surface area contributed by atoms with Gasteiger partial charge in [0.15, 0.2) is 0 Å². The van der Waals surface area contributed by atoms with Crippen LogP contribution in [0.3, 0.4) is 0 Å². The van der Waals surface area contributed by atoms with Gasteiger partial charge in [0, 0.05) is 15.7 Å². The van der Waals surface area contributed by atoms with Gasteiger partial charge in [-0.15, -0.1) is 12.4 Å². The molecule has 1 rings (SSSR count). The molecule has 1 N–H and O–H groups in total. The van der Waals surface area contributed by atoms with Crippen LogP contribution in [-0.2, 0) is 6.42 Å². The molecular weight excluding hydrogens is 333 g/mol. The van der Waals surface area contributed by atoms with Crippen molar-refractivity contribution in [2.45, 2.75) is 45.7 Å². The highest BCUT2D eigenvalue weighted by Crippen LogP contribution is 2.09. The SMILES string of the molecule is CCC(C)NC(C)Cc1ccc(I)cc1.Cl. The Morgan fingerprint density at radius 3 is 2.19 bits per heavy atom. The van der Waals surface area contributed by atoms with Crippen molar-refractivity contribution in [1.82, 2.24) is 5.32 Å². The number of rotatable bonds is 5. The molecule has 0 fully saturated rings. The molecule has 1 aromatic carbocycles. The van der Waals surface area contributed by atoms with E-state index in [-0.39, 0.29) is 12.4 Å². The third kappa shape index (κ3) is 6.06. The Morgan fingerprint density at radius 1 is 1.12 bits per heavy atom. The molecule has 92 valence electrons. The van der Waals surface area contributed by atoms with E-state index in [2.05, 4.69) is 72.9 Å². The Kier molecular flexibility index (Phi) is 8.42. The van der Waals surface area contributed by atoms with Crippen LogP contribution < -0.4 is 5.32 Å². The standard InChI is InChI=1S/C13H20IN.ClH/c1-4-10(2)15-11(3)9-12-5-7-13(14)8-6-12;/h5-8,10-11,15H,4,9H2,1-3H3;1H. The molecule has 0 radical (unpaired) electrons. The molecule has 0 amide bonds. The molecule has 0 spiro atoms. The number of benzene rings is 1. The zero-order valence-corrected chi connectivity index (χ0v) is 13.1. The third-order valence-corrected chi connectivity index (χ3v) is 3.36. The molecule has 0 aliphatic rings. The summed E-state index contributed by atoms with van der Waals surface area (Å²) < 4.78 is 1.30. The van der Waals surface area contributed by atoms with Gasteiger partial charge in [-0.2, -0.15) is 0 Å². The summed E-state index contributed by atoms with van der Waals surface area (Å²) in [4.78, 5) is 0. The van der Waals surface area contributed by atoms with E-state index in [1.54, 1.807) is 0 Å². The second-order valence-corrected chi connectivity index (χ2v) is 5.45. The maximum atomic E-state index is 3.59. The summed E-state index contributed by atoms with van der Waals surface area (Å²) in [5.41, 5.74) is 1.42. The third-order valence-electron chi connectivity index (χ3n) is 2.64. The van der Waals surface area contributed by atoms with Crippen LogP contribution in [0.25, 0.3) is 0 Å². The van der Waals surface area contributed by atoms with E-state index in [9.17, 15) is 0 Å². The summed E-state index contributed by atoms with van der Waals surface area (Å²) in [7, 11) is 0. The summed E-state index contributed by atoms with van der Waals surface area (Å²) in [6.45, 7) is 6.71. The first kappa shape index (κ1) is 16.2. The molecule has 1 nitrogen and oxygen atoms in total. The van der Waals surface area contributed by atoms with Gasteiger partial charge < -0.3 is 5.32 Å². The van der Waals surface area contributed by atoms with E-state index < -0.39 is 0 Å². The summed E-state index contributed by atoms with van der Waals surface area (Å²) in [6.07, 6.45) is 2.30. The average Bonchev–Trinajstić information content (AvgIpc) is 2.21. The van der Waals surface area contributed by atoms with E-state index in [1.165, 1.54) is 15.6 Å². The van der Waals surface area contributed by atoms with Crippen LogP contribution in [0, 0.1) is 3.57 Å². The van der Waals surface area contributed by atoms with Crippen LogP contribution in [0.4, 0.5) is 0 Å². The highest BCUT2D eigenvalue weighted by Gasteiger charge is 2.06. The quantitative estimate of drug-likeness (QED) is 0.788. The number of nitrogens with one attached hydrogen (secondary N) is 1. The van der Waals surface area contributed by atoms with Crippen molar-refractivity contribution < 1.29 is 0 Å². The molecule has 2 atom stereocenters. The predicted molar refractivity (Wildman–Crippen MR) is 82.5 cm³/mol. The normalized spacial score (nSPS) is 14.0. The lowest BCUT2D eigenvalue weighted by Gasteiger charge is -2.18. The van der Waals surface area contributed by atoms with E-state index in [4.69, 9.17) is 0 Å². The lowest BCUT2D eigenvalue weighted by molar-refractivity contribution is 0.455. The van der Waals surface area contributed by atoms with Crippen molar-refractivity contribution in [3.63, 3.8) is 0 Å². The van der Waals surface area contributed by atoms with E-state index in [0.717, 1.165) is 6.42 Å². The van der Waals surface area contributed by atoms with E-state index in [0.29, 0.717) is 12.1 Å². The Labute approximate surface area is 119 Å². The second-order valence-electron chi connectivity index (χ2n) is 4.21. The monoisotopic (exact) mass is 353 g/mol. The van der Waals surface area contributed by atoms with Crippen molar-refractivity contribution in [3.05, 3.63) is 33.4 Å². The number of hydrogen-bond acceptors (Lipinski definition) is 1. The molecule has 1 aromatic rings. The lowest BCUT2D eigenvalue weighted by Crippen LogP contribution is -2.35. The van der Waals surface area contributed by atoms with E-state index >= 15 is 0 Å². The van der Waals surface area contributed by atoms with Crippen LogP contribution in [0.5, 0.6) is 0 Å². The number of hydrogen-bond donors (Lipinski definition) is 1. The van der Waals surface area contributed by atoms with Crippen LogP contribution in [0.15, 0.2) is 24.3 Å². The summed E-state index contributed by atoms with van der Waals surface area (Å²) >= 11 is 2.34. The van der Waals surface area contributed by atoms with Crippen molar-refractivity contribution >= 4 is 35.0 Å². The zero-order valence-electron chi connectivity index (χ0n) is 10.2. The van der Waals surface area contributed by atoms with E-state index in [1.807, 2.05) is 0 Å². The molecule has 2 unspecified atom stereocenters. The van der Waals surface area contributed by atoms with Gasteiger partial charge >= 0.3 is 0 Å². The van der Waals surface area contributed by atoms with Crippen molar-refractivity contribution in [3.8, 4) is 0 Å². The summed E-state index contributed by atoms with van der Waals surface area (Å²) in [5.74, 6) is 0. The van der Waals surface area contributed by atoms with Gasteiger partial charge in [-0.25, -0.2) is 0 Å². The van der Waals surface area contributed by atoms with Gasteiger partial charge in [0.2, 0.25) is 0 Å². The number of halogens is 2. The molecule has 0 bridgehead atoms. The van der Waals surface area contributed by atoms with Gasteiger partial charge in [-0.3, -0.25) is 0 Å². The van der Waals surface area contributed by atoms with Crippen molar-refractivity contribution in [2.24, 2.45) is 0 Å². The molecule has 0 aliphatic carbocycles. The Hall–Kier alpha value is 0.200. The van der Waals surface area contributed by atoms with Gasteiger partial charge in [-0.05, 0) is 67.0 Å². The van der Waals surface area contributed by atoms with Gasteiger partial charge in [-0.1, -0.05) is 19.1 Å². The Balaban J connectivity index is 0.00000225. The smallest absolute Gasteiger partial charge is 0.0130 e. The fourth-order valence-electron chi connectivity index (χ4n) is 1.64. The van der Waals surface area contributed by atoms with Gasteiger partial charge in [0.05, 0.1) is 0 Å². The van der Waals surface area contributed by atoms with Crippen LogP contribution >= 0.6 is 35.0 Å². The maximum Gasteiger partial charge on any atom is 0.0130 e. The topological polar surface area (TPSA) is 12.0 Å². The largest absolute Gasteiger partial charge is 0.311 e. The fourth-order valence-corrected chi connectivity index (χ4v) is 2.00. The Bertz CT molecular complexity index is 286. The van der Waals surface area contributed by atoms with Crippen molar-refractivity contribution in [2.75, 3.05) is 0 Å². The molecule has 3 heteroatoms. The van der Waals surface area contributed by atoms with Gasteiger partial charge in [0.25, 0.3) is 0 Å². The van der Waals surface area contributed by atoms with Gasteiger partial charge in [0.1, 0.15) is 0 Å². The first-order chi connectivity index (χ1) is 7.11. The summed E-state index contributed by atoms with van der Waals surface area (Å²) in [6, 6.07) is 9.95. The van der Waals surface area contributed by atoms with Crippen LogP contribution in [0.2, 0.25) is 0 Å². The first-order valence-electron chi connectivity index (χ1n) is 5.62. The molecular formula is C13H21ClIN.